The SMILES string of the molecule is COc1ccc(C2CC(c3cccc(NS(=O)(=O)c4ccc(Cl)cc4)c3)=NN2C(C)=O)cc1. The molecule has 0 saturated heterocycles. The van der Waals surface area contributed by atoms with E-state index in [0.717, 1.165) is 16.9 Å². The van der Waals surface area contributed by atoms with Crippen LogP contribution in [0.2, 0.25) is 5.02 Å². The summed E-state index contributed by atoms with van der Waals surface area (Å²) in [5.41, 5.74) is 2.75. The van der Waals surface area contributed by atoms with Crippen molar-refractivity contribution >= 4 is 38.9 Å². The van der Waals surface area contributed by atoms with Crippen molar-refractivity contribution in [2.45, 2.75) is 24.3 Å². The zero-order chi connectivity index (χ0) is 23.6. The van der Waals surface area contributed by atoms with Gasteiger partial charge in [0.05, 0.1) is 23.8 Å². The first kappa shape index (κ1) is 22.8. The van der Waals surface area contributed by atoms with Crippen LogP contribution < -0.4 is 9.46 Å². The van der Waals surface area contributed by atoms with E-state index in [9.17, 15) is 13.2 Å². The molecule has 1 N–H and O–H groups in total. The highest BCUT2D eigenvalue weighted by Crippen LogP contribution is 2.34. The third-order valence-corrected chi connectivity index (χ3v) is 6.95. The number of hydrazone groups is 1. The van der Waals surface area contributed by atoms with Crippen molar-refractivity contribution in [2.75, 3.05) is 11.8 Å². The maximum Gasteiger partial charge on any atom is 0.261 e. The Kier molecular flexibility index (Phi) is 6.40. The number of ether oxygens (including phenoxy) is 1. The highest BCUT2D eigenvalue weighted by molar-refractivity contribution is 7.92. The minimum absolute atomic E-state index is 0.109. The molecule has 33 heavy (non-hydrogen) atoms. The van der Waals surface area contributed by atoms with Gasteiger partial charge in [0.25, 0.3) is 10.0 Å². The van der Waals surface area contributed by atoms with Gasteiger partial charge in [0.2, 0.25) is 5.91 Å². The quantitative estimate of drug-likeness (QED) is 0.543. The van der Waals surface area contributed by atoms with E-state index in [-0.39, 0.29) is 16.8 Å². The number of hydrogen-bond acceptors (Lipinski definition) is 5. The molecule has 1 amide bonds. The molecule has 0 fully saturated rings. The molecule has 1 aliphatic heterocycles. The van der Waals surface area contributed by atoms with Crippen molar-refractivity contribution in [1.82, 2.24) is 5.01 Å². The zero-order valence-corrected chi connectivity index (χ0v) is 19.6. The van der Waals surface area contributed by atoms with Crippen LogP contribution in [0.1, 0.15) is 30.5 Å². The van der Waals surface area contributed by atoms with Gasteiger partial charge in [0.1, 0.15) is 5.75 Å². The summed E-state index contributed by atoms with van der Waals surface area (Å²) >= 11 is 5.86. The third kappa shape index (κ3) is 5.02. The van der Waals surface area contributed by atoms with Gasteiger partial charge in [0.15, 0.2) is 0 Å². The van der Waals surface area contributed by atoms with Crippen molar-refractivity contribution < 1.29 is 17.9 Å². The molecule has 0 spiro atoms. The standard InChI is InChI=1S/C24H22ClN3O4S/c1-16(29)28-24(17-6-10-21(32-2)11-7-17)15-23(26-28)18-4-3-5-20(14-18)27-33(30,31)22-12-8-19(25)9-13-22/h3-14,24,27H,15H2,1-2H3. The van der Waals surface area contributed by atoms with Crippen LogP contribution in [0, 0.1) is 0 Å². The predicted octanol–water partition coefficient (Wildman–Crippen LogP) is 4.85. The van der Waals surface area contributed by atoms with Gasteiger partial charge in [-0.3, -0.25) is 9.52 Å². The average Bonchev–Trinajstić information content (AvgIpc) is 3.25. The molecule has 9 heteroatoms. The lowest BCUT2D eigenvalue weighted by Gasteiger charge is -2.20. The van der Waals surface area contributed by atoms with Crippen molar-refractivity contribution in [3.05, 3.63) is 88.9 Å². The Morgan fingerprint density at radius 3 is 2.42 bits per heavy atom. The van der Waals surface area contributed by atoms with E-state index in [0.29, 0.717) is 22.8 Å². The van der Waals surface area contributed by atoms with E-state index >= 15 is 0 Å². The van der Waals surface area contributed by atoms with E-state index in [1.807, 2.05) is 30.3 Å². The monoisotopic (exact) mass is 483 g/mol. The number of rotatable bonds is 6. The molecule has 4 rings (SSSR count). The largest absolute Gasteiger partial charge is 0.497 e. The number of methoxy groups -OCH3 is 1. The lowest BCUT2D eigenvalue weighted by molar-refractivity contribution is -0.130. The van der Waals surface area contributed by atoms with E-state index < -0.39 is 10.0 Å². The second-order valence-electron chi connectivity index (χ2n) is 7.54. The number of nitrogens with zero attached hydrogens (tertiary/aromatic N) is 2. The van der Waals surface area contributed by atoms with Gasteiger partial charge in [-0.1, -0.05) is 35.9 Å². The summed E-state index contributed by atoms with van der Waals surface area (Å²) < 4.78 is 33.3. The maximum atomic E-state index is 12.7. The summed E-state index contributed by atoms with van der Waals surface area (Å²) in [7, 11) is -2.18. The maximum absolute atomic E-state index is 12.7. The minimum atomic E-state index is -3.78. The van der Waals surface area contributed by atoms with Gasteiger partial charge in [-0.2, -0.15) is 5.10 Å². The Bertz CT molecular complexity index is 1310. The number of hydrogen-bond donors (Lipinski definition) is 1. The molecule has 0 saturated carbocycles. The fraction of sp³-hybridized carbons (Fsp3) is 0.167. The second-order valence-corrected chi connectivity index (χ2v) is 9.66. The number of carbonyl (C=O) groups excluding carboxylic acids is 1. The Morgan fingerprint density at radius 1 is 1.09 bits per heavy atom. The predicted molar refractivity (Wildman–Crippen MR) is 128 cm³/mol. The summed E-state index contributed by atoms with van der Waals surface area (Å²) in [6, 6.07) is 20.2. The fourth-order valence-corrected chi connectivity index (χ4v) is 4.83. The van der Waals surface area contributed by atoms with Crippen LogP contribution in [0.3, 0.4) is 0 Å². The smallest absolute Gasteiger partial charge is 0.261 e. The molecule has 3 aromatic rings. The van der Waals surface area contributed by atoms with E-state index in [4.69, 9.17) is 16.3 Å². The molecule has 0 bridgehead atoms. The lowest BCUT2D eigenvalue weighted by atomic mass is 9.98. The van der Waals surface area contributed by atoms with Gasteiger partial charge in [0, 0.05) is 24.1 Å². The number of sulfonamides is 1. The van der Waals surface area contributed by atoms with Gasteiger partial charge >= 0.3 is 0 Å². The second kappa shape index (κ2) is 9.25. The first-order valence-corrected chi connectivity index (χ1v) is 12.0. The van der Waals surface area contributed by atoms with Crippen molar-refractivity contribution in [3.8, 4) is 5.75 Å². The minimum Gasteiger partial charge on any atom is -0.497 e. The van der Waals surface area contributed by atoms with Crippen LogP contribution in [-0.4, -0.2) is 32.2 Å². The van der Waals surface area contributed by atoms with Gasteiger partial charge in [-0.25, -0.2) is 13.4 Å². The zero-order valence-electron chi connectivity index (χ0n) is 18.0. The highest BCUT2D eigenvalue weighted by Gasteiger charge is 2.31. The first-order valence-electron chi connectivity index (χ1n) is 10.2. The molecule has 1 aliphatic rings. The van der Waals surface area contributed by atoms with Crippen LogP contribution in [0.4, 0.5) is 5.69 Å². The van der Waals surface area contributed by atoms with Gasteiger partial charge < -0.3 is 4.74 Å². The summed E-state index contributed by atoms with van der Waals surface area (Å²) in [5, 5.41) is 6.46. The van der Waals surface area contributed by atoms with Crippen LogP contribution in [0.5, 0.6) is 5.75 Å². The van der Waals surface area contributed by atoms with Crippen LogP contribution in [0.25, 0.3) is 0 Å². The molecule has 0 aromatic heterocycles. The topological polar surface area (TPSA) is 88.1 Å². The molecule has 7 nitrogen and oxygen atoms in total. The normalized spacial score (nSPS) is 15.8. The highest BCUT2D eigenvalue weighted by atomic mass is 35.5. The summed E-state index contributed by atoms with van der Waals surface area (Å²) in [6.45, 7) is 1.47. The molecule has 1 unspecified atom stereocenters. The molecule has 0 radical (unpaired) electrons. The lowest BCUT2D eigenvalue weighted by Crippen LogP contribution is -2.24. The number of nitrogens with one attached hydrogen (secondary N) is 1. The fourth-order valence-electron chi connectivity index (χ4n) is 3.65. The first-order chi connectivity index (χ1) is 15.8. The van der Waals surface area contributed by atoms with Crippen molar-refractivity contribution in [3.63, 3.8) is 0 Å². The number of anilines is 1. The molecule has 1 heterocycles. The van der Waals surface area contributed by atoms with E-state index in [1.54, 1.807) is 25.3 Å². The number of carbonyl (C=O) groups is 1. The Balaban J connectivity index is 1.59. The molecular weight excluding hydrogens is 462 g/mol. The van der Waals surface area contributed by atoms with Gasteiger partial charge in [-0.05, 0) is 59.7 Å². The Morgan fingerprint density at radius 2 is 1.79 bits per heavy atom. The van der Waals surface area contributed by atoms with Crippen LogP contribution in [-0.2, 0) is 14.8 Å². The number of halogens is 1. The summed E-state index contributed by atoms with van der Waals surface area (Å²) in [4.78, 5) is 12.4. The molecule has 170 valence electrons. The molecule has 3 aromatic carbocycles. The van der Waals surface area contributed by atoms with Crippen LogP contribution in [0.15, 0.2) is 82.8 Å². The summed E-state index contributed by atoms with van der Waals surface area (Å²) in [6.07, 6.45) is 0.499. The van der Waals surface area contributed by atoms with Gasteiger partial charge in [-0.15, -0.1) is 0 Å². The molecule has 0 aliphatic carbocycles. The van der Waals surface area contributed by atoms with E-state index in [1.165, 1.54) is 36.2 Å². The van der Waals surface area contributed by atoms with Crippen molar-refractivity contribution in [1.29, 1.82) is 0 Å². The number of amides is 1. The molecular formula is C24H22ClN3O4S. The Labute approximate surface area is 197 Å². The summed E-state index contributed by atoms with van der Waals surface area (Å²) in [5.74, 6) is 0.554. The third-order valence-electron chi connectivity index (χ3n) is 5.31. The van der Waals surface area contributed by atoms with Crippen LogP contribution >= 0.6 is 11.6 Å². The van der Waals surface area contributed by atoms with Crippen molar-refractivity contribution in [2.24, 2.45) is 5.10 Å². The molecule has 1 atom stereocenters. The average molecular weight is 484 g/mol. The van der Waals surface area contributed by atoms with E-state index in [2.05, 4.69) is 9.82 Å². The number of benzene rings is 3. The Hall–Kier alpha value is -3.36.